The van der Waals surface area contributed by atoms with E-state index < -0.39 is 5.97 Å². The Balaban J connectivity index is 1.54. The van der Waals surface area contributed by atoms with Crippen molar-refractivity contribution in [1.82, 2.24) is 10.2 Å². The van der Waals surface area contributed by atoms with Crippen LogP contribution < -0.4 is 5.32 Å². The van der Waals surface area contributed by atoms with E-state index in [2.05, 4.69) is 5.32 Å². The maximum atomic E-state index is 12.0. The van der Waals surface area contributed by atoms with Crippen molar-refractivity contribution in [3.63, 3.8) is 0 Å². The number of nitrogens with one attached hydrogen (secondary N) is 1. The van der Waals surface area contributed by atoms with E-state index in [0.29, 0.717) is 18.5 Å². The summed E-state index contributed by atoms with van der Waals surface area (Å²) >= 11 is 0. The number of fused-ring (bicyclic) bond motifs is 2. The molecule has 5 heteroatoms. The predicted molar refractivity (Wildman–Crippen MR) is 67.2 cm³/mol. The molecule has 2 bridgehead atoms. The average molecular weight is 254 g/mol. The van der Waals surface area contributed by atoms with E-state index in [1.807, 2.05) is 4.90 Å². The predicted octanol–water partition coefficient (Wildman–Crippen LogP) is 0.984. The van der Waals surface area contributed by atoms with Crippen LogP contribution in [0.15, 0.2) is 0 Å². The number of unbranched alkanes of at least 4 members (excludes halogenated alkanes) is 3. The molecule has 0 aliphatic carbocycles. The molecule has 2 aliphatic heterocycles. The van der Waals surface area contributed by atoms with Gasteiger partial charge >= 0.3 is 5.97 Å². The lowest BCUT2D eigenvalue weighted by Crippen LogP contribution is -2.46. The number of carboxylic acid groups (broad SMARTS) is 1. The number of carboxylic acids is 1. The van der Waals surface area contributed by atoms with Crippen LogP contribution in [0.2, 0.25) is 0 Å². The molecule has 2 rings (SSSR count). The number of aliphatic carboxylic acids is 1. The monoisotopic (exact) mass is 254 g/mol. The number of hydrogen-bond donors (Lipinski definition) is 2. The summed E-state index contributed by atoms with van der Waals surface area (Å²) in [7, 11) is 0. The van der Waals surface area contributed by atoms with Gasteiger partial charge in [-0.2, -0.15) is 0 Å². The highest BCUT2D eigenvalue weighted by atomic mass is 16.4. The summed E-state index contributed by atoms with van der Waals surface area (Å²) in [6, 6.07) is 0.948. The third-order valence-electron chi connectivity index (χ3n) is 3.91. The summed E-state index contributed by atoms with van der Waals surface area (Å²) in [6.07, 6.45) is 5.46. The van der Waals surface area contributed by atoms with Gasteiger partial charge in [0.1, 0.15) is 0 Å². The first kappa shape index (κ1) is 13.3. The molecular formula is C13H22N2O3. The second-order valence-electron chi connectivity index (χ2n) is 5.35. The van der Waals surface area contributed by atoms with Crippen LogP contribution in [0.1, 0.15) is 44.9 Å². The molecule has 0 saturated carbocycles. The lowest BCUT2D eigenvalue weighted by molar-refractivity contribution is -0.137. The van der Waals surface area contributed by atoms with Crippen molar-refractivity contribution in [3.05, 3.63) is 0 Å². The minimum absolute atomic E-state index is 0.246. The Bertz CT molecular complexity index is 319. The lowest BCUT2D eigenvalue weighted by Gasteiger charge is -2.27. The highest BCUT2D eigenvalue weighted by molar-refractivity contribution is 5.77. The van der Waals surface area contributed by atoms with Crippen LogP contribution in [0, 0.1) is 0 Å². The fourth-order valence-electron chi connectivity index (χ4n) is 2.92. The van der Waals surface area contributed by atoms with Crippen LogP contribution in [-0.4, -0.2) is 47.1 Å². The molecule has 2 saturated heterocycles. The van der Waals surface area contributed by atoms with Crippen molar-refractivity contribution in [3.8, 4) is 0 Å². The van der Waals surface area contributed by atoms with Gasteiger partial charge in [-0.05, 0) is 19.3 Å². The van der Waals surface area contributed by atoms with Gasteiger partial charge in [0, 0.05) is 38.0 Å². The zero-order valence-corrected chi connectivity index (χ0v) is 10.7. The van der Waals surface area contributed by atoms with Gasteiger partial charge in [0.05, 0.1) is 0 Å². The summed E-state index contributed by atoms with van der Waals surface area (Å²) in [5.41, 5.74) is 0. The Labute approximate surface area is 108 Å². The van der Waals surface area contributed by atoms with Crippen molar-refractivity contribution in [1.29, 1.82) is 0 Å². The molecule has 102 valence electrons. The number of carbonyl (C=O) groups is 2. The van der Waals surface area contributed by atoms with E-state index in [0.717, 1.165) is 45.2 Å². The SMILES string of the molecule is O=C(O)CCCCCCC(=O)N1CC2CC1CN2. The summed E-state index contributed by atoms with van der Waals surface area (Å²) in [4.78, 5) is 24.3. The van der Waals surface area contributed by atoms with Crippen molar-refractivity contribution >= 4 is 11.9 Å². The van der Waals surface area contributed by atoms with E-state index >= 15 is 0 Å². The maximum absolute atomic E-state index is 12.0. The topological polar surface area (TPSA) is 69.6 Å². The highest BCUT2D eigenvalue weighted by Crippen LogP contribution is 2.24. The standard InChI is InChI=1S/C13H22N2O3/c16-12(5-3-1-2-4-6-13(17)18)15-9-10-7-11(15)8-14-10/h10-11,14H,1-9H2,(H,17,18). The minimum Gasteiger partial charge on any atom is -0.481 e. The fourth-order valence-corrected chi connectivity index (χ4v) is 2.92. The first-order chi connectivity index (χ1) is 8.66. The zero-order valence-electron chi connectivity index (χ0n) is 10.7. The Morgan fingerprint density at radius 3 is 2.44 bits per heavy atom. The van der Waals surface area contributed by atoms with Gasteiger partial charge in [0.15, 0.2) is 0 Å². The van der Waals surface area contributed by atoms with Gasteiger partial charge in [0.2, 0.25) is 5.91 Å². The highest BCUT2D eigenvalue weighted by Gasteiger charge is 2.39. The average Bonchev–Trinajstić information content (AvgIpc) is 2.94. The quantitative estimate of drug-likeness (QED) is 0.665. The van der Waals surface area contributed by atoms with Crippen LogP contribution in [0.4, 0.5) is 0 Å². The number of amides is 1. The third kappa shape index (κ3) is 3.45. The minimum atomic E-state index is -0.730. The molecule has 2 fully saturated rings. The van der Waals surface area contributed by atoms with Crippen LogP contribution in [0.5, 0.6) is 0 Å². The van der Waals surface area contributed by atoms with Crippen molar-refractivity contribution in [2.45, 2.75) is 57.0 Å². The van der Waals surface area contributed by atoms with Crippen molar-refractivity contribution in [2.75, 3.05) is 13.1 Å². The number of rotatable bonds is 7. The molecule has 0 aromatic carbocycles. The summed E-state index contributed by atoms with van der Waals surface area (Å²) in [5, 5.41) is 11.9. The number of carbonyl (C=O) groups excluding carboxylic acids is 1. The van der Waals surface area contributed by atoms with Crippen molar-refractivity contribution < 1.29 is 14.7 Å². The van der Waals surface area contributed by atoms with E-state index in [1.165, 1.54) is 0 Å². The Morgan fingerprint density at radius 2 is 1.89 bits per heavy atom. The number of nitrogens with zero attached hydrogens (tertiary/aromatic N) is 1. The van der Waals surface area contributed by atoms with Gasteiger partial charge < -0.3 is 15.3 Å². The van der Waals surface area contributed by atoms with Crippen LogP contribution >= 0.6 is 0 Å². The smallest absolute Gasteiger partial charge is 0.303 e. The molecule has 18 heavy (non-hydrogen) atoms. The van der Waals surface area contributed by atoms with Crippen LogP contribution in [-0.2, 0) is 9.59 Å². The Kier molecular flexibility index (Phi) is 4.58. The van der Waals surface area contributed by atoms with Gasteiger partial charge in [0.25, 0.3) is 0 Å². The third-order valence-corrected chi connectivity index (χ3v) is 3.91. The second kappa shape index (κ2) is 6.18. The molecule has 0 aromatic rings. The van der Waals surface area contributed by atoms with Gasteiger partial charge in [-0.1, -0.05) is 12.8 Å². The molecule has 5 nitrogen and oxygen atoms in total. The van der Waals surface area contributed by atoms with Gasteiger partial charge in [-0.15, -0.1) is 0 Å². The van der Waals surface area contributed by atoms with E-state index in [4.69, 9.17) is 5.11 Å². The Hall–Kier alpha value is -1.10. The fraction of sp³-hybridized carbons (Fsp3) is 0.846. The largest absolute Gasteiger partial charge is 0.481 e. The molecule has 2 atom stereocenters. The second-order valence-corrected chi connectivity index (χ2v) is 5.35. The lowest BCUT2D eigenvalue weighted by atomic mass is 10.1. The summed E-state index contributed by atoms with van der Waals surface area (Å²) < 4.78 is 0. The van der Waals surface area contributed by atoms with Crippen LogP contribution in [0.25, 0.3) is 0 Å². The molecule has 2 heterocycles. The van der Waals surface area contributed by atoms with Gasteiger partial charge in [-0.3, -0.25) is 9.59 Å². The Morgan fingerprint density at radius 1 is 1.17 bits per heavy atom. The summed E-state index contributed by atoms with van der Waals surface area (Å²) in [5.74, 6) is -0.450. The normalized spacial score (nSPS) is 25.7. The number of likely N-dealkylation sites (tertiary alicyclic amines) is 1. The molecule has 2 N–H and O–H groups in total. The number of piperazine rings is 1. The number of hydrogen-bond acceptors (Lipinski definition) is 3. The molecule has 2 aliphatic rings. The molecule has 0 spiro atoms. The van der Waals surface area contributed by atoms with E-state index in [1.54, 1.807) is 0 Å². The molecular weight excluding hydrogens is 232 g/mol. The maximum Gasteiger partial charge on any atom is 0.303 e. The van der Waals surface area contributed by atoms with Crippen molar-refractivity contribution in [2.24, 2.45) is 0 Å². The molecule has 0 radical (unpaired) electrons. The van der Waals surface area contributed by atoms with E-state index in [-0.39, 0.29) is 12.3 Å². The first-order valence-corrected chi connectivity index (χ1v) is 6.91. The molecule has 2 unspecified atom stereocenters. The van der Waals surface area contributed by atoms with E-state index in [9.17, 15) is 9.59 Å². The molecule has 1 amide bonds. The first-order valence-electron chi connectivity index (χ1n) is 6.91. The molecule has 0 aromatic heterocycles. The summed E-state index contributed by atoms with van der Waals surface area (Å²) in [6.45, 7) is 1.83. The zero-order chi connectivity index (χ0) is 13.0. The van der Waals surface area contributed by atoms with Gasteiger partial charge in [-0.25, -0.2) is 0 Å². The van der Waals surface area contributed by atoms with Crippen LogP contribution in [0.3, 0.4) is 0 Å².